The van der Waals surface area contributed by atoms with E-state index in [1.165, 1.54) is 56.2 Å². The van der Waals surface area contributed by atoms with Crippen molar-refractivity contribution in [3.8, 4) is 11.5 Å². The van der Waals surface area contributed by atoms with E-state index in [1.54, 1.807) is 0 Å². The number of aliphatic hydroxyl groups excluding tert-OH is 2. The molecule has 2 N–H and O–H groups in total. The van der Waals surface area contributed by atoms with Crippen LogP contribution in [0.25, 0.3) is 0 Å². The Morgan fingerprint density at radius 1 is 1.00 bits per heavy atom. The van der Waals surface area contributed by atoms with Gasteiger partial charge in [-0.15, -0.1) is 0 Å². The van der Waals surface area contributed by atoms with Gasteiger partial charge in [0.25, 0.3) is 0 Å². The number of amides is 2. The molecule has 22 heavy (non-hydrogen) atoms. The zero-order chi connectivity index (χ0) is 16.9. The summed E-state index contributed by atoms with van der Waals surface area (Å²) in [5, 5.41) is 18.7. The Morgan fingerprint density at radius 3 is 1.73 bits per heavy atom. The first kappa shape index (κ1) is 17.7. The normalized spacial score (nSPS) is 11.5. The van der Waals surface area contributed by atoms with Gasteiger partial charge >= 0.3 is 12.2 Å². The Bertz CT molecular complexity index is 504. The van der Waals surface area contributed by atoms with Gasteiger partial charge in [-0.25, -0.2) is 9.59 Å². The van der Waals surface area contributed by atoms with E-state index < -0.39 is 24.9 Å². The number of benzene rings is 1. The number of hydrogen-bond acceptors (Lipinski definition) is 6. The molecule has 1 aromatic rings. The maximum Gasteiger partial charge on any atom is 0.414 e. The number of carbonyl (C=O) groups is 2. The lowest BCUT2D eigenvalue weighted by Gasteiger charge is -2.16. The molecular formula is C14H20N2O6. The molecule has 122 valence electrons. The van der Waals surface area contributed by atoms with Crippen molar-refractivity contribution in [2.45, 2.75) is 6.10 Å². The second kappa shape index (κ2) is 7.62. The van der Waals surface area contributed by atoms with Crippen molar-refractivity contribution in [1.82, 2.24) is 9.80 Å². The van der Waals surface area contributed by atoms with Crippen molar-refractivity contribution in [2.75, 3.05) is 34.8 Å². The topological polar surface area (TPSA) is 99.5 Å². The first-order valence-corrected chi connectivity index (χ1v) is 6.46. The van der Waals surface area contributed by atoms with Gasteiger partial charge in [0, 0.05) is 34.3 Å². The Kier molecular flexibility index (Phi) is 6.14. The third-order valence-corrected chi connectivity index (χ3v) is 2.60. The molecule has 0 aliphatic carbocycles. The predicted octanol–water partition coefficient (Wildman–Crippen LogP) is 0.833. The van der Waals surface area contributed by atoms with Crippen LogP contribution in [0.5, 0.6) is 11.5 Å². The van der Waals surface area contributed by atoms with Gasteiger partial charge in [-0.3, -0.25) is 0 Å². The lowest BCUT2D eigenvalue weighted by molar-refractivity contribution is 0.0951. The molecule has 0 saturated heterocycles. The van der Waals surface area contributed by atoms with Crippen molar-refractivity contribution < 1.29 is 29.3 Å². The minimum atomic E-state index is -1.19. The predicted molar refractivity (Wildman–Crippen MR) is 77.9 cm³/mol. The van der Waals surface area contributed by atoms with Crippen LogP contribution in [0.1, 0.15) is 11.7 Å². The number of carbonyl (C=O) groups excluding carboxylic acids is 2. The Hall–Kier alpha value is -2.32. The van der Waals surface area contributed by atoms with Crippen LogP contribution in [0.15, 0.2) is 18.2 Å². The molecule has 0 unspecified atom stereocenters. The second-order valence-electron chi connectivity index (χ2n) is 4.96. The highest BCUT2D eigenvalue weighted by Gasteiger charge is 2.15. The van der Waals surface area contributed by atoms with E-state index in [0.717, 1.165) is 0 Å². The second-order valence-corrected chi connectivity index (χ2v) is 4.96. The molecule has 0 heterocycles. The summed E-state index contributed by atoms with van der Waals surface area (Å²) in [6, 6.07) is 4.11. The highest BCUT2D eigenvalue weighted by Crippen LogP contribution is 2.27. The van der Waals surface area contributed by atoms with E-state index in [0.29, 0.717) is 0 Å². The summed E-state index contributed by atoms with van der Waals surface area (Å²) in [5.74, 6) is 0.176. The van der Waals surface area contributed by atoms with Crippen molar-refractivity contribution in [1.29, 1.82) is 0 Å². The maximum atomic E-state index is 11.6. The molecule has 0 saturated carbocycles. The van der Waals surface area contributed by atoms with Crippen molar-refractivity contribution in [3.63, 3.8) is 0 Å². The van der Waals surface area contributed by atoms with Crippen molar-refractivity contribution in [3.05, 3.63) is 23.8 Å². The summed E-state index contributed by atoms with van der Waals surface area (Å²) >= 11 is 0. The fraction of sp³-hybridized carbons (Fsp3) is 0.429. The van der Waals surface area contributed by atoms with Gasteiger partial charge in [-0.05, 0) is 17.7 Å². The van der Waals surface area contributed by atoms with Crippen LogP contribution >= 0.6 is 0 Å². The molecule has 2 amide bonds. The zero-order valence-electron chi connectivity index (χ0n) is 12.9. The quantitative estimate of drug-likeness (QED) is 0.854. The average molecular weight is 312 g/mol. The minimum Gasteiger partial charge on any atom is -0.410 e. The number of rotatable bonds is 4. The smallest absolute Gasteiger partial charge is 0.410 e. The molecule has 0 spiro atoms. The highest BCUT2D eigenvalue weighted by atomic mass is 16.6. The van der Waals surface area contributed by atoms with E-state index >= 15 is 0 Å². The fourth-order valence-electron chi connectivity index (χ4n) is 1.39. The molecule has 0 bridgehead atoms. The molecule has 8 nitrogen and oxygen atoms in total. The summed E-state index contributed by atoms with van der Waals surface area (Å²) in [4.78, 5) is 25.6. The number of aliphatic hydroxyl groups is 2. The Labute approximate surface area is 128 Å². The van der Waals surface area contributed by atoms with E-state index in [1.807, 2.05) is 0 Å². The Morgan fingerprint density at radius 2 is 1.41 bits per heavy atom. The molecule has 0 aliphatic rings. The van der Waals surface area contributed by atoms with Gasteiger partial charge in [-0.1, -0.05) is 0 Å². The lowest BCUT2D eigenvalue weighted by Crippen LogP contribution is -2.26. The van der Waals surface area contributed by atoms with Crippen LogP contribution in [-0.4, -0.2) is 67.0 Å². The van der Waals surface area contributed by atoms with Crippen LogP contribution in [0, 0.1) is 0 Å². The van der Waals surface area contributed by atoms with Crippen LogP contribution in [0.2, 0.25) is 0 Å². The van der Waals surface area contributed by atoms with Gasteiger partial charge in [0.2, 0.25) is 0 Å². The molecule has 8 heteroatoms. The minimum absolute atomic E-state index is 0.0882. The van der Waals surface area contributed by atoms with Gasteiger partial charge in [0.15, 0.2) is 0 Å². The van der Waals surface area contributed by atoms with E-state index in [-0.39, 0.29) is 17.1 Å². The van der Waals surface area contributed by atoms with Crippen LogP contribution in [-0.2, 0) is 0 Å². The standard InChI is InChI=1S/C14H20N2O6/c1-15(2)13(19)21-10-5-9(12(18)8-17)6-11(7-10)22-14(20)16(3)4/h5-7,12,17-18H,8H2,1-4H3/t12-/m0/s1. The molecule has 0 aromatic heterocycles. The number of ether oxygens (including phenoxy) is 2. The highest BCUT2D eigenvalue weighted by molar-refractivity contribution is 5.72. The number of hydrogen-bond donors (Lipinski definition) is 2. The monoisotopic (exact) mass is 312 g/mol. The Balaban J connectivity index is 3.10. The van der Waals surface area contributed by atoms with Gasteiger partial charge in [0.1, 0.15) is 17.6 Å². The van der Waals surface area contributed by atoms with Gasteiger partial charge < -0.3 is 29.5 Å². The maximum absolute atomic E-state index is 11.6. The first-order chi connectivity index (χ1) is 10.2. The third kappa shape index (κ3) is 4.90. The molecule has 1 rings (SSSR count). The summed E-state index contributed by atoms with van der Waals surface area (Å²) in [7, 11) is 6.06. The largest absolute Gasteiger partial charge is 0.414 e. The molecular weight excluding hydrogens is 292 g/mol. The van der Waals surface area contributed by atoms with Crippen molar-refractivity contribution in [2.24, 2.45) is 0 Å². The van der Waals surface area contributed by atoms with Crippen molar-refractivity contribution >= 4 is 12.2 Å². The summed E-state index contributed by atoms with van der Waals surface area (Å²) in [6.07, 6.45) is -2.43. The third-order valence-electron chi connectivity index (χ3n) is 2.60. The molecule has 0 radical (unpaired) electrons. The first-order valence-electron chi connectivity index (χ1n) is 6.46. The molecule has 1 atom stereocenters. The van der Waals surface area contributed by atoms with Crippen LogP contribution < -0.4 is 9.47 Å². The fourth-order valence-corrected chi connectivity index (χ4v) is 1.39. The summed E-state index contributed by atoms with van der Waals surface area (Å²) in [6.45, 7) is -0.522. The molecule has 1 aromatic carbocycles. The van der Waals surface area contributed by atoms with Crippen LogP contribution in [0.4, 0.5) is 9.59 Å². The average Bonchev–Trinajstić information content (AvgIpc) is 2.45. The van der Waals surface area contributed by atoms with E-state index in [4.69, 9.17) is 14.6 Å². The summed E-state index contributed by atoms with van der Waals surface area (Å²) < 4.78 is 10.2. The zero-order valence-corrected chi connectivity index (χ0v) is 12.9. The lowest BCUT2D eigenvalue weighted by atomic mass is 10.1. The molecule has 0 fully saturated rings. The molecule has 0 aliphatic heterocycles. The summed E-state index contributed by atoms with van der Waals surface area (Å²) in [5.41, 5.74) is 0.258. The van der Waals surface area contributed by atoms with Crippen LogP contribution in [0.3, 0.4) is 0 Å². The van der Waals surface area contributed by atoms with E-state index in [2.05, 4.69) is 0 Å². The van der Waals surface area contributed by atoms with Gasteiger partial charge in [-0.2, -0.15) is 0 Å². The SMILES string of the molecule is CN(C)C(=O)Oc1cc(OC(=O)N(C)C)cc([C@@H](O)CO)c1. The van der Waals surface area contributed by atoms with E-state index in [9.17, 15) is 14.7 Å². The number of nitrogens with zero attached hydrogens (tertiary/aromatic N) is 2. The van der Waals surface area contributed by atoms with Gasteiger partial charge in [0.05, 0.1) is 6.61 Å².